The van der Waals surface area contributed by atoms with Gasteiger partial charge in [-0.3, -0.25) is 14.6 Å². The van der Waals surface area contributed by atoms with Gasteiger partial charge in [0.1, 0.15) is 0 Å². The topological polar surface area (TPSA) is 95.3 Å². The first-order valence-corrected chi connectivity index (χ1v) is 7.77. The van der Waals surface area contributed by atoms with Crippen molar-refractivity contribution in [3.8, 4) is 23.1 Å². The van der Waals surface area contributed by atoms with Crippen LogP contribution in [0.4, 0.5) is 0 Å². The summed E-state index contributed by atoms with van der Waals surface area (Å²) < 4.78 is 6.54. The number of ether oxygens (including phenoxy) is 1. The van der Waals surface area contributed by atoms with E-state index < -0.39 is 0 Å². The van der Waals surface area contributed by atoms with Gasteiger partial charge < -0.3 is 4.74 Å². The highest BCUT2D eigenvalue weighted by atomic mass is 16.7. The Labute approximate surface area is 150 Å². The second-order valence-electron chi connectivity index (χ2n) is 5.47. The molecule has 3 heterocycles. The molecule has 0 radical (unpaired) electrons. The molecule has 0 atom stereocenters. The Morgan fingerprint density at radius 2 is 1.96 bits per heavy atom. The maximum atomic E-state index is 12.4. The molecule has 0 aliphatic heterocycles. The largest absolute Gasteiger partial charge is 0.480 e. The summed E-state index contributed by atoms with van der Waals surface area (Å²) in [6, 6.07) is 8.79. The number of methoxy groups -OCH3 is 1. The van der Waals surface area contributed by atoms with Gasteiger partial charge >= 0.3 is 0 Å². The highest BCUT2D eigenvalue weighted by Crippen LogP contribution is 2.23. The van der Waals surface area contributed by atoms with E-state index in [0.29, 0.717) is 23.1 Å². The first kappa shape index (κ1) is 17.5. The zero-order valence-corrected chi connectivity index (χ0v) is 14.9. The van der Waals surface area contributed by atoms with Gasteiger partial charge in [0.15, 0.2) is 11.5 Å². The monoisotopic (exact) mass is 354 g/mol. The lowest BCUT2D eigenvalue weighted by Gasteiger charge is -2.11. The molecule has 0 bridgehead atoms. The smallest absolute Gasteiger partial charge is 0.297 e. The molecule has 0 N–H and O–H groups in total. The number of hydrogen-bond donors (Lipinski definition) is 0. The van der Waals surface area contributed by atoms with Crippen molar-refractivity contribution in [3.05, 3.63) is 47.8 Å². The molecule has 9 heteroatoms. The molecular formula is C17H18N6O3. The van der Waals surface area contributed by atoms with E-state index in [1.807, 2.05) is 19.1 Å². The van der Waals surface area contributed by atoms with Crippen molar-refractivity contribution in [1.29, 1.82) is 0 Å². The molecule has 3 rings (SSSR count). The number of pyridine rings is 1. The van der Waals surface area contributed by atoms with Gasteiger partial charge in [0, 0.05) is 19.3 Å². The summed E-state index contributed by atoms with van der Waals surface area (Å²) in [6.45, 7) is 1.95. The number of hydroxylamine groups is 2. The number of aryl methyl sites for hydroxylation is 1. The van der Waals surface area contributed by atoms with Crippen LogP contribution in [0, 0.1) is 6.92 Å². The molecule has 0 saturated heterocycles. The van der Waals surface area contributed by atoms with E-state index in [-0.39, 0.29) is 11.6 Å². The van der Waals surface area contributed by atoms with E-state index in [4.69, 9.17) is 9.57 Å². The van der Waals surface area contributed by atoms with Crippen LogP contribution in [-0.4, -0.2) is 57.2 Å². The predicted molar refractivity (Wildman–Crippen MR) is 92.8 cm³/mol. The van der Waals surface area contributed by atoms with Crippen molar-refractivity contribution < 1.29 is 14.4 Å². The summed E-state index contributed by atoms with van der Waals surface area (Å²) in [7, 11) is 4.43. The van der Waals surface area contributed by atoms with Crippen molar-refractivity contribution in [2.45, 2.75) is 6.92 Å². The van der Waals surface area contributed by atoms with Gasteiger partial charge in [-0.2, -0.15) is 5.10 Å². The Kier molecular flexibility index (Phi) is 4.90. The first-order chi connectivity index (χ1) is 12.5. The molecule has 0 saturated carbocycles. The van der Waals surface area contributed by atoms with E-state index in [1.165, 1.54) is 25.9 Å². The van der Waals surface area contributed by atoms with Crippen LogP contribution in [0.2, 0.25) is 0 Å². The Balaban J connectivity index is 2.11. The number of hydrogen-bond acceptors (Lipinski definition) is 7. The van der Waals surface area contributed by atoms with Crippen LogP contribution < -0.4 is 4.74 Å². The van der Waals surface area contributed by atoms with Gasteiger partial charge in [-0.15, -0.1) is 10.2 Å². The Bertz CT molecular complexity index is 905. The molecule has 0 aliphatic carbocycles. The van der Waals surface area contributed by atoms with Crippen LogP contribution in [0.5, 0.6) is 5.88 Å². The minimum Gasteiger partial charge on any atom is -0.480 e. The maximum Gasteiger partial charge on any atom is 0.297 e. The maximum absolute atomic E-state index is 12.4. The third-order valence-corrected chi connectivity index (χ3v) is 3.71. The van der Waals surface area contributed by atoms with E-state index in [1.54, 1.807) is 24.4 Å². The second-order valence-corrected chi connectivity index (χ2v) is 5.47. The zero-order chi connectivity index (χ0) is 18.7. The normalized spacial score (nSPS) is 10.6. The van der Waals surface area contributed by atoms with Gasteiger partial charge in [0.25, 0.3) is 5.91 Å². The summed E-state index contributed by atoms with van der Waals surface area (Å²) >= 11 is 0. The van der Waals surface area contributed by atoms with Crippen molar-refractivity contribution in [1.82, 2.24) is 30.0 Å². The quantitative estimate of drug-likeness (QED) is 0.643. The van der Waals surface area contributed by atoms with Crippen LogP contribution in [0.1, 0.15) is 16.1 Å². The summed E-state index contributed by atoms with van der Waals surface area (Å²) in [6.07, 6.45) is 1.75. The molecule has 3 aromatic heterocycles. The van der Waals surface area contributed by atoms with Gasteiger partial charge in [-0.25, -0.2) is 9.75 Å². The van der Waals surface area contributed by atoms with Gasteiger partial charge in [-0.05, 0) is 30.7 Å². The second kappa shape index (κ2) is 7.28. The highest BCUT2D eigenvalue weighted by Gasteiger charge is 2.21. The Morgan fingerprint density at radius 3 is 2.54 bits per heavy atom. The lowest BCUT2D eigenvalue weighted by atomic mass is 10.2. The molecule has 0 unspecified atom stereocenters. The van der Waals surface area contributed by atoms with Crippen molar-refractivity contribution in [3.63, 3.8) is 0 Å². The first-order valence-electron chi connectivity index (χ1n) is 7.77. The number of rotatable bonds is 5. The summed E-state index contributed by atoms with van der Waals surface area (Å²) in [5, 5.41) is 13.5. The minimum absolute atomic E-state index is 0.198. The van der Waals surface area contributed by atoms with Crippen LogP contribution in [0.15, 0.2) is 36.5 Å². The molecule has 0 aliphatic rings. The molecule has 3 aromatic rings. The Morgan fingerprint density at radius 1 is 1.15 bits per heavy atom. The predicted octanol–water partition coefficient (Wildman–Crippen LogP) is 1.67. The third kappa shape index (κ3) is 3.38. The van der Waals surface area contributed by atoms with E-state index in [2.05, 4.69) is 20.3 Å². The van der Waals surface area contributed by atoms with Crippen LogP contribution in [0.3, 0.4) is 0 Å². The SMILES string of the molecule is COc1ccc(-n2nc(C(=O)N(C)OC)cc2-c2ccc(C)cn2)nn1. The van der Waals surface area contributed by atoms with Gasteiger partial charge in [-0.1, -0.05) is 6.07 Å². The molecule has 26 heavy (non-hydrogen) atoms. The molecular weight excluding hydrogens is 336 g/mol. The molecule has 1 amide bonds. The number of aromatic nitrogens is 5. The van der Waals surface area contributed by atoms with Crippen LogP contribution in [-0.2, 0) is 4.84 Å². The van der Waals surface area contributed by atoms with Gasteiger partial charge in [0.05, 0.1) is 25.6 Å². The van der Waals surface area contributed by atoms with Crippen LogP contribution in [0.25, 0.3) is 17.2 Å². The number of carbonyl (C=O) groups is 1. The fourth-order valence-corrected chi connectivity index (χ4v) is 2.24. The zero-order valence-electron chi connectivity index (χ0n) is 14.9. The number of amides is 1. The van der Waals surface area contributed by atoms with E-state index >= 15 is 0 Å². The van der Waals surface area contributed by atoms with Crippen molar-refractivity contribution in [2.75, 3.05) is 21.3 Å². The van der Waals surface area contributed by atoms with Crippen molar-refractivity contribution >= 4 is 5.91 Å². The molecule has 9 nitrogen and oxygen atoms in total. The Hall–Kier alpha value is -3.33. The third-order valence-electron chi connectivity index (χ3n) is 3.71. The molecule has 0 aromatic carbocycles. The van der Waals surface area contributed by atoms with E-state index in [9.17, 15) is 4.79 Å². The molecule has 134 valence electrons. The van der Waals surface area contributed by atoms with Gasteiger partial charge in [0.2, 0.25) is 5.88 Å². The summed E-state index contributed by atoms with van der Waals surface area (Å²) in [5.74, 6) is 0.426. The van der Waals surface area contributed by atoms with Crippen molar-refractivity contribution in [2.24, 2.45) is 0 Å². The average Bonchev–Trinajstić information content (AvgIpc) is 3.12. The fourth-order valence-electron chi connectivity index (χ4n) is 2.24. The summed E-state index contributed by atoms with van der Waals surface area (Å²) in [4.78, 5) is 21.8. The lowest BCUT2D eigenvalue weighted by molar-refractivity contribution is -0.0760. The number of carbonyl (C=O) groups excluding carboxylic acids is 1. The minimum atomic E-state index is -0.388. The summed E-state index contributed by atoms with van der Waals surface area (Å²) in [5.41, 5.74) is 2.49. The van der Waals surface area contributed by atoms with Crippen LogP contribution >= 0.6 is 0 Å². The number of nitrogens with zero attached hydrogens (tertiary/aromatic N) is 6. The fraction of sp³-hybridized carbons (Fsp3) is 0.235. The standard InChI is InChI=1S/C17H18N6O3/c1-11-5-6-12(18-10-11)14-9-13(17(24)22(2)26-4)21-23(14)15-7-8-16(25-3)20-19-15/h5-10H,1-4H3. The highest BCUT2D eigenvalue weighted by molar-refractivity contribution is 5.92. The molecule has 0 spiro atoms. The lowest BCUT2D eigenvalue weighted by Crippen LogP contribution is -2.25. The molecule has 0 fully saturated rings. The average molecular weight is 354 g/mol. The van der Waals surface area contributed by atoms with E-state index in [0.717, 1.165) is 10.6 Å².